The zero-order chi connectivity index (χ0) is 31.8. The number of piperidine rings is 2. The van der Waals surface area contributed by atoms with E-state index in [0.29, 0.717) is 44.5 Å². The van der Waals surface area contributed by atoms with E-state index in [-0.39, 0.29) is 42.2 Å². The minimum atomic E-state index is -4.76. The standard InChI is InChI=1S/C30H36ClF3N6O4/c1-38(2)19-7-11-39(12-8-19)26(41)24(17-18-15-21(30(32,33)34)25(35)22(31)16-18)44-28(43)40-13-9-29(10-14-40)20-5-3-4-6-23(20)36-27(42)37-29/h3-6,15-16,19,24H,7-14,17,35H2,1-2H3,(H2,36,37,42)/t24-/m1/s1. The number of nitrogen functional groups attached to an aromatic ring is 1. The molecule has 14 heteroatoms. The van der Waals surface area contributed by atoms with Crippen molar-refractivity contribution in [2.24, 2.45) is 0 Å². The van der Waals surface area contributed by atoms with Crippen LogP contribution in [0.1, 0.15) is 42.4 Å². The zero-order valence-corrected chi connectivity index (χ0v) is 25.3. The van der Waals surface area contributed by atoms with Crippen molar-refractivity contribution in [3.8, 4) is 0 Å². The summed E-state index contributed by atoms with van der Waals surface area (Å²) in [5.41, 5.74) is 4.90. The molecule has 2 aromatic carbocycles. The smallest absolute Gasteiger partial charge is 0.418 e. The number of benzene rings is 2. The quantitative estimate of drug-likeness (QED) is 0.411. The summed E-state index contributed by atoms with van der Waals surface area (Å²) in [6.07, 6.45) is -4.98. The van der Waals surface area contributed by atoms with E-state index in [1.807, 2.05) is 38.4 Å². The Morgan fingerprint density at radius 2 is 1.77 bits per heavy atom. The van der Waals surface area contributed by atoms with Gasteiger partial charge < -0.3 is 35.8 Å². The van der Waals surface area contributed by atoms with E-state index >= 15 is 0 Å². The van der Waals surface area contributed by atoms with Gasteiger partial charge in [0.05, 0.1) is 21.8 Å². The van der Waals surface area contributed by atoms with E-state index < -0.39 is 41.1 Å². The lowest BCUT2D eigenvalue weighted by atomic mass is 9.79. The molecule has 1 spiro atoms. The summed E-state index contributed by atoms with van der Waals surface area (Å²) in [7, 11) is 3.93. The van der Waals surface area contributed by atoms with Gasteiger partial charge in [0.15, 0.2) is 6.10 Å². The summed E-state index contributed by atoms with van der Waals surface area (Å²) in [5, 5.41) is 5.51. The maximum atomic E-state index is 13.7. The lowest BCUT2D eigenvalue weighted by Gasteiger charge is -2.45. The van der Waals surface area contributed by atoms with Crippen molar-refractivity contribution in [3.63, 3.8) is 0 Å². The largest absolute Gasteiger partial charge is 0.436 e. The normalized spacial score (nSPS) is 19.3. The number of amides is 4. The third-order valence-electron chi connectivity index (χ3n) is 8.86. The Hall–Kier alpha value is -3.71. The van der Waals surface area contributed by atoms with Crippen LogP contribution < -0.4 is 16.4 Å². The number of para-hydroxylation sites is 1. The number of carbonyl (C=O) groups excluding carboxylic acids is 3. The fraction of sp³-hybridized carbons (Fsp3) is 0.500. The Kier molecular flexibility index (Phi) is 8.90. The molecular weight excluding hydrogens is 601 g/mol. The van der Waals surface area contributed by atoms with Gasteiger partial charge in [-0.2, -0.15) is 13.2 Å². The topological polar surface area (TPSA) is 120 Å². The van der Waals surface area contributed by atoms with Crippen LogP contribution in [-0.4, -0.2) is 85.2 Å². The Labute approximate surface area is 258 Å². The summed E-state index contributed by atoms with van der Waals surface area (Å²) in [4.78, 5) is 44.7. The summed E-state index contributed by atoms with van der Waals surface area (Å²) in [6.45, 7) is 1.31. The first kappa shape index (κ1) is 31.7. The molecule has 1 atom stereocenters. The fourth-order valence-electron chi connectivity index (χ4n) is 6.34. The first-order valence-corrected chi connectivity index (χ1v) is 14.9. The van der Waals surface area contributed by atoms with Crippen molar-refractivity contribution in [1.29, 1.82) is 0 Å². The predicted octanol–water partition coefficient (Wildman–Crippen LogP) is 4.67. The molecule has 4 amide bonds. The molecule has 3 aliphatic heterocycles. The monoisotopic (exact) mass is 636 g/mol. The average molecular weight is 637 g/mol. The minimum absolute atomic E-state index is 0.0671. The summed E-state index contributed by atoms with van der Waals surface area (Å²) < 4.78 is 46.8. The van der Waals surface area contributed by atoms with Gasteiger partial charge in [-0.05, 0) is 63.5 Å². The van der Waals surface area contributed by atoms with Crippen LogP contribution in [0.2, 0.25) is 5.02 Å². The predicted molar refractivity (Wildman–Crippen MR) is 159 cm³/mol. The van der Waals surface area contributed by atoms with Crippen LogP contribution in [0.5, 0.6) is 0 Å². The molecule has 0 saturated carbocycles. The Morgan fingerprint density at radius 3 is 2.41 bits per heavy atom. The van der Waals surface area contributed by atoms with Crippen LogP contribution in [-0.2, 0) is 27.7 Å². The van der Waals surface area contributed by atoms with E-state index in [9.17, 15) is 27.6 Å². The number of rotatable bonds is 5. The van der Waals surface area contributed by atoms with Crippen LogP contribution in [0, 0.1) is 0 Å². The zero-order valence-electron chi connectivity index (χ0n) is 24.5. The number of hydrogen-bond donors (Lipinski definition) is 3. The number of carbonyl (C=O) groups is 3. The van der Waals surface area contributed by atoms with Gasteiger partial charge in [0.1, 0.15) is 0 Å². The summed E-state index contributed by atoms with van der Waals surface area (Å²) >= 11 is 6.05. The maximum Gasteiger partial charge on any atom is 0.418 e. The molecule has 5 rings (SSSR count). The molecule has 10 nitrogen and oxygen atoms in total. The summed E-state index contributed by atoms with van der Waals surface area (Å²) in [5.74, 6) is -0.481. The van der Waals surface area contributed by atoms with Gasteiger partial charge in [0.2, 0.25) is 0 Å². The number of ether oxygens (including phenoxy) is 1. The summed E-state index contributed by atoms with van der Waals surface area (Å²) in [6, 6.07) is 9.52. The molecule has 0 aliphatic carbocycles. The van der Waals surface area contributed by atoms with E-state index in [4.69, 9.17) is 22.1 Å². The van der Waals surface area contributed by atoms with E-state index in [1.165, 1.54) is 11.0 Å². The van der Waals surface area contributed by atoms with Crippen molar-refractivity contribution in [2.75, 3.05) is 51.3 Å². The first-order valence-electron chi connectivity index (χ1n) is 14.5. The SMILES string of the molecule is CN(C)C1CCN(C(=O)[C@@H](Cc2cc(Cl)c(N)c(C(F)(F)F)c2)OC(=O)N2CCC3(CC2)NC(=O)Nc2ccccc23)CC1. The molecule has 0 bridgehead atoms. The van der Waals surface area contributed by atoms with Gasteiger partial charge in [0.25, 0.3) is 5.91 Å². The third kappa shape index (κ3) is 6.53. The number of anilines is 2. The van der Waals surface area contributed by atoms with Crippen molar-refractivity contribution in [2.45, 2.75) is 56.0 Å². The number of likely N-dealkylation sites (tertiary alicyclic amines) is 2. The highest BCUT2D eigenvalue weighted by Gasteiger charge is 2.44. The molecule has 0 radical (unpaired) electrons. The van der Waals surface area contributed by atoms with Crippen molar-refractivity contribution < 1.29 is 32.3 Å². The number of hydrogen-bond acceptors (Lipinski definition) is 6. The minimum Gasteiger partial charge on any atom is -0.436 e. The molecule has 0 unspecified atom stereocenters. The van der Waals surface area contributed by atoms with E-state index in [1.54, 1.807) is 4.90 Å². The molecule has 2 aromatic rings. The van der Waals surface area contributed by atoms with Crippen molar-refractivity contribution >= 4 is 41.0 Å². The van der Waals surface area contributed by atoms with Crippen molar-refractivity contribution in [3.05, 3.63) is 58.1 Å². The third-order valence-corrected chi connectivity index (χ3v) is 9.17. The highest BCUT2D eigenvalue weighted by molar-refractivity contribution is 6.33. The number of fused-ring (bicyclic) bond motifs is 2. The molecule has 0 aromatic heterocycles. The second-order valence-electron chi connectivity index (χ2n) is 11.8. The average Bonchev–Trinajstić information content (AvgIpc) is 2.98. The number of nitrogens with two attached hydrogens (primary N) is 1. The fourth-order valence-corrected chi connectivity index (χ4v) is 6.58. The molecule has 238 valence electrons. The van der Waals surface area contributed by atoms with Gasteiger partial charge in [-0.15, -0.1) is 0 Å². The first-order chi connectivity index (χ1) is 20.8. The number of nitrogens with zero attached hydrogens (tertiary/aromatic N) is 3. The molecule has 2 fully saturated rings. The molecular formula is C30H36ClF3N6O4. The second-order valence-corrected chi connectivity index (χ2v) is 12.2. The number of urea groups is 1. The lowest BCUT2D eigenvalue weighted by Crippen LogP contribution is -2.58. The molecule has 44 heavy (non-hydrogen) atoms. The highest BCUT2D eigenvalue weighted by atomic mass is 35.5. The van der Waals surface area contributed by atoms with Gasteiger partial charge in [-0.1, -0.05) is 29.8 Å². The molecule has 3 heterocycles. The van der Waals surface area contributed by atoms with Crippen molar-refractivity contribution in [1.82, 2.24) is 20.0 Å². The van der Waals surface area contributed by atoms with E-state index in [2.05, 4.69) is 15.5 Å². The number of halogens is 4. The highest BCUT2D eigenvalue weighted by Crippen LogP contribution is 2.40. The Bertz CT molecular complexity index is 1420. The molecule has 3 aliphatic rings. The Morgan fingerprint density at radius 1 is 1.11 bits per heavy atom. The second kappa shape index (κ2) is 12.4. The van der Waals surface area contributed by atoms with Crippen LogP contribution in [0.25, 0.3) is 0 Å². The van der Waals surface area contributed by atoms with Crippen LogP contribution in [0.4, 0.5) is 34.1 Å². The number of alkyl halides is 3. The van der Waals surface area contributed by atoms with Crippen LogP contribution in [0.15, 0.2) is 36.4 Å². The Balaban J connectivity index is 1.34. The maximum absolute atomic E-state index is 13.7. The molecule has 4 N–H and O–H groups in total. The van der Waals surface area contributed by atoms with Gasteiger partial charge in [0, 0.05) is 49.9 Å². The lowest BCUT2D eigenvalue weighted by molar-refractivity contribution is -0.142. The van der Waals surface area contributed by atoms with Gasteiger partial charge in [-0.3, -0.25) is 4.79 Å². The van der Waals surface area contributed by atoms with Gasteiger partial charge in [-0.25, -0.2) is 9.59 Å². The van der Waals surface area contributed by atoms with E-state index in [0.717, 1.165) is 11.6 Å². The number of nitrogens with one attached hydrogen (secondary N) is 2. The van der Waals surface area contributed by atoms with Crippen LogP contribution in [0.3, 0.4) is 0 Å². The van der Waals surface area contributed by atoms with Crippen LogP contribution >= 0.6 is 11.6 Å². The molecule has 2 saturated heterocycles. The van der Waals surface area contributed by atoms with Gasteiger partial charge >= 0.3 is 18.3 Å².